The lowest BCUT2D eigenvalue weighted by Gasteiger charge is -2.17. The Bertz CT molecular complexity index is 707. The van der Waals surface area contributed by atoms with Crippen molar-refractivity contribution in [3.8, 4) is 0 Å². The van der Waals surface area contributed by atoms with Crippen LogP contribution in [0, 0.1) is 0 Å². The van der Waals surface area contributed by atoms with Crippen LogP contribution in [-0.4, -0.2) is 18.5 Å². The number of rotatable bonds is 10. The first-order chi connectivity index (χ1) is 13.2. The molecule has 0 fully saturated rings. The molecule has 4 heteroatoms. The van der Waals surface area contributed by atoms with E-state index in [1.54, 1.807) is 36.4 Å². The maximum Gasteiger partial charge on any atom is 0.352 e. The Morgan fingerprint density at radius 2 is 1.56 bits per heavy atom. The van der Waals surface area contributed by atoms with Crippen LogP contribution in [-0.2, 0) is 20.7 Å². The molecule has 0 radical (unpaired) electrons. The van der Waals surface area contributed by atoms with Gasteiger partial charge in [-0.05, 0) is 37.0 Å². The van der Waals surface area contributed by atoms with Crippen molar-refractivity contribution in [3.63, 3.8) is 0 Å². The van der Waals surface area contributed by atoms with E-state index in [1.165, 1.54) is 5.56 Å². The minimum atomic E-state index is -1.06. The normalized spacial score (nSPS) is 11.6. The van der Waals surface area contributed by atoms with E-state index in [-0.39, 0.29) is 0 Å². The van der Waals surface area contributed by atoms with E-state index in [1.807, 2.05) is 25.1 Å². The van der Waals surface area contributed by atoms with E-state index in [0.717, 1.165) is 32.1 Å². The second kappa shape index (κ2) is 11.2. The third-order valence-corrected chi connectivity index (χ3v) is 4.29. The van der Waals surface area contributed by atoms with Gasteiger partial charge >= 0.3 is 11.9 Å². The van der Waals surface area contributed by atoms with Gasteiger partial charge in [0, 0.05) is 5.56 Å². The van der Waals surface area contributed by atoms with Gasteiger partial charge in [-0.25, -0.2) is 9.59 Å². The highest BCUT2D eigenvalue weighted by Gasteiger charge is 2.27. The first kappa shape index (κ1) is 20.7. The fraction of sp³-hybridized carbons (Fsp3) is 0.391. The number of esters is 2. The van der Waals surface area contributed by atoms with Gasteiger partial charge in [0.05, 0.1) is 12.2 Å². The topological polar surface area (TPSA) is 52.6 Å². The summed E-state index contributed by atoms with van der Waals surface area (Å²) in [5.41, 5.74) is 2.22. The first-order valence-corrected chi connectivity index (χ1v) is 9.67. The molecule has 0 heterocycles. The molecule has 0 saturated heterocycles. The van der Waals surface area contributed by atoms with E-state index in [0.29, 0.717) is 17.7 Å². The molecular formula is C23H28O4. The quantitative estimate of drug-likeness (QED) is 0.423. The van der Waals surface area contributed by atoms with Crippen LogP contribution in [0.2, 0.25) is 0 Å². The van der Waals surface area contributed by atoms with Crippen molar-refractivity contribution in [1.82, 2.24) is 0 Å². The predicted molar refractivity (Wildman–Crippen MR) is 106 cm³/mol. The van der Waals surface area contributed by atoms with Crippen LogP contribution in [0.5, 0.6) is 0 Å². The van der Waals surface area contributed by atoms with Crippen molar-refractivity contribution in [2.75, 3.05) is 6.61 Å². The molecule has 0 aliphatic heterocycles. The lowest BCUT2D eigenvalue weighted by molar-refractivity contribution is -0.154. The van der Waals surface area contributed by atoms with Gasteiger partial charge in [0.15, 0.2) is 0 Å². The van der Waals surface area contributed by atoms with Gasteiger partial charge in [-0.2, -0.15) is 0 Å². The molecule has 0 aliphatic carbocycles. The second-order valence-electron chi connectivity index (χ2n) is 6.52. The molecule has 4 nitrogen and oxygen atoms in total. The van der Waals surface area contributed by atoms with Gasteiger partial charge in [0.25, 0.3) is 0 Å². The van der Waals surface area contributed by atoms with E-state index >= 15 is 0 Å². The van der Waals surface area contributed by atoms with Crippen molar-refractivity contribution in [2.45, 2.75) is 52.1 Å². The summed E-state index contributed by atoms with van der Waals surface area (Å²) in [6.45, 7) is 4.49. The largest absolute Gasteiger partial charge is 0.463 e. The van der Waals surface area contributed by atoms with Gasteiger partial charge < -0.3 is 9.47 Å². The molecule has 2 aromatic rings. The molecule has 0 amide bonds. The average molecular weight is 368 g/mol. The summed E-state index contributed by atoms with van der Waals surface area (Å²) in [7, 11) is 0. The van der Waals surface area contributed by atoms with E-state index in [4.69, 9.17) is 9.47 Å². The number of benzene rings is 2. The average Bonchev–Trinajstić information content (AvgIpc) is 2.71. The van der Waals surface area contributed by atoms with Gasteiger partial charge in [0.1, 0.15) is 0 Å². The highest BCUT2D eigenvalue weighted by molar-refractivity contribution is 5.91. The minimum Gasteiger partial charge on any atom is -0.463 e. The maximum absolute atomic E-state index is 12.6. The Morgan fingerprint density at radius 3 is 2.19 bits per heavy atom. The number of aryl methyl sites for hydroxylation is 1. The van der Waals surface area contributed by atoms with Crippen molar-refractivity contribution in [2.24, 2.45) is 0 Å². The van der Waals surface area contributed by atoms with Crippen LogP contribution in [0.25, 0.3) is 0 Å². The third kappa shape index (κ3) is 6.55. The van der Waals surface area contributed by atoms with Gasteiger partial charge in [-0.1, -0.05) is 69.2 Å². The van der Waals surface area contributed by atoms with E-state index < -0.39 is 18.0 Å². The summed E-state index contributed by atoms with van der Waals surface area (Å²) >= 11 is 0. The molecule has 0 aromatic heterocycles. The van der Waals surface area contributed by atoms with Crippen LogP contribution >= 0.6 is 0 Å². The molecule has 0 spiro atoms. The van der Waals surface area contributed by atoms with Crippen molar-refractivity contribution in [1.29, 1.82) is 0 Å². The molecule has 2 aromatic carbocycles. The Hall–Kier alpha value is -2.62. The molecule has 2 rings (SSSR count). The second-order valence-corrected chi connectivity index (χ2v) is 6.52. The maximum atomic E-state index is 12.6. The number of hydrogen-bond acceptors (Lipinski definition) is 4. The van der Waals surface area contributed by atoms with Crippen LogP contribution < -0.4 is 0 Å². The molecule has 0 bridgehead atoms. The summed E-state index contributed by atoms with van der Waals surface area (Å²) in [4.78, 5) is 25.0. The van der Waals surface area contributed by atoms with Crippen LogP contribution in [0.1, 0.15) is 67.1 Å². The fourth-order valence-corrected chi connectivity index (χ4v) is 2.64. The first-order valence-electron chi connectivity index (χ1n) is 9.67. The summed E-state index contributed by atoms with van der Waals surface area (Å²) in [5, 5.41) is 0. The molecular weight excluding hydrogens is 340 g/mol. The van der Waals surface area contributed by atoms with Crippen LogP contribution in [0.3, 0.4) is 0 Å². The standard InChI is InChI=1S/C23H28O4/c1-3-5-10-18-13-15-20(16-14-18)22(24)27-21(19-11-8-7-9-12-19)23(25)26-17-6-4-2/h7-9,11-16,21H,3-6,10,17H2,1-2H3. The molecule has 0 saturated carbocycles. The molecule has 1 atom stereocenters. The summed E-state index contributed by atoms with van der Waals surface area (Å²) in [5.74, 6) is -1.07. The van der Waals surface area contributed by atoms with Crippen LogP contribution in [0.15, 0.2) is 54.6 Å². The summed E-state index contributed by atoms with van der Waals surface area (Å²) in [6, 6.07) is 16.3. The Labute approximate surface area is 161 Å². The number of carbonyl (C=O) groups excluding carboxylic acids is 2. The Kier molecular flexibility index (Phi) is 8.56. The predicted octanol–water partition coefficient (Wildman–Crippen LogP) is 5.27. The van der Waals surface area contributed by atoms with Crippen molar-refractivity contribution >= 4 is 11.9 Å². The molecule has 0 aliphatic rings. The Morgan fingerprint density at radius 1 is 0.889 bits per heavy atom. The lowest BCUT2D eigenvalue weighted by Crippen LogP contribution is -2.22. The minimum absolute atomic E-state index is 0.322. The van der Waals surface area contributed by atoms with E-state index in [2.05, 4.69) is 6.92 Å². The zero-order chi connectivity index (χ0) is 19.5. The molecule has 27 heavy (non-hydrogen) atoms. The van der Waals surface area contributed by atoms with E-state index in [9.17, 15) is 9.59 Å². The fourth-order valence-electron chi connectivity index (χ4n) is 2.64. The summed E-state index contributed by atoms with van der Waals surface area (Å²) < 4.78 is 10.8. The number of carbonyl (C=O) groups is 2. The lowest BCUT2D eigenvalue weighted by atomic mass is 10.1. The molecule has 144 valence electrons. The van der Waals surface area contributed by atoms with Crippen molar-refractivity contribution in [3.05, 3.63) is 71.3 Å². The summed E-state index contributed by atoms with van der Waals surface area (Å²) in [6.07, 6.45) is 3.87. The SMILES string of the molecule is CCCCOC(=O)C(OC(=O)c1ccc(CCCC)cc1)c1ccccc1. The zero-order valence-electron chi connectivity index (χ0n) is 16.1. The smallest absolute Gasteiger partial charge is 0.352 e. The highest BCUT2D eigenvalue weighted by atomic mass is 16.6. The number of hydrogen-bond donors (Lipinski definition) is 0. The van der Waals surface area contributed by atoms with Gasteiger partial charge in [0.2, 0.25) is 6.10 Å². The monoisotopic (exact) mass is 368 g/mol. The zero-order valence-corrected chi connectivity index (χ0v) is 16.1. The van der Waals surface area contributed by atoms with Crippen LogP contribution in [0.4, 0.5) is 0 Å². The van der Waals surface area contributed by atoms with Gasteiger partial charge in [-0.3, -0.25) is 0 Å². The number of unbranched alkanes of at least 4 members (excludes halogenated alkanes) is 2. The third-order valence-electron chi connectivity index (χ3n) is 4.29. The molecule has 1 unspecified atom stereocenters. The van der Waals surface area contributed by atoms with Crippen molar-refractivity contribution < 1.29 is 19.1 Å². The molecule has 0 N–H and O–H groups in total. The van der Waals surface area contributed by atoms with Gasteiger partial charge in [-0.15, -0.1) is 0 Å². The number of ether oxygens (including phenoxy) is 2. The highest BCUT2D eigenvalue weighted by Crippen LogP contribution is 2.21. The Balaban J connectivity index is 2.09.